The van der Waals surface area contributed by atoms with Gasteiger partial charge in [-0.2, -0.15) is 13.2 Å². The molecule has 2 N–H and O–H groups in total. The lowest BCUT2D eigenvalue weighted by molar-refractivity contribution is -0.141. The highest BCUT2D eigenvalue weighted by Gasteiger charge is 2.39. The summed E-state index contributed by atoms with van der Waals surface area (Å²) in [6.07, 6.45) is 1.12. The highest BCUT2D eigenvalue weighted by atomic mass is 19.4. The minimum atomic E-state index is -4.85. The lowest BCUT2D eigenvalue weighted by Gasteiger charge is -2.35. The van der Waals surface area contributed by atoms with Gasteiger partial charge in [-0.3, -0.25) is 4.79 Å². The first-order valence-corrected chi connectivity index (χ1v) is 13.6. The molecule has 0 atom stereocenters. The summed E-state index contributed by atoms with van der Waals surface area (Å²) in [5, 5.41) is 5.01. The second-order valence-corrected chi connectivity index (χ2v) is 10.2. The largest absolute Gasteiger partial charge is 0.434 e. The van der Waals surface area contributed by atoms with Gasteiger partial charge in [-0.1, -0.05) is 25.0 Å². The predicted molar refractivity (Wildman–Crippen MR) is 149 cm³/mol. The molecule has 0 radical (unpaired) electrons. The summed E-state index contributed by atoms with van der Waals surface area (Å²) in [6, 6.07) is 8.73. The summed E-state index contributed by atoms with van der Waals surface area (Å²) in [4.78, 5) is 42.6. The van der Waals surface area contributed by atoms with E-state index in [9.17, 15) is 27.2 Å². The van der Waals surface area contributed by atoms with Crippen molar-refractivity contribution in [1.29, 1.82) is 0 Å². The Morgan fingerprint density at radius 3 is 2.31 bits per heavy atom. The summed E-state index contributed by atoms with van der Waals surface area (Å²) < 4.78 is 55.5. The van der Waals surface area contributed by atoms with Crippen LogP contribution in [0.2, 0.25) is 0 Å². The first-order valence-electron chi connectivity index (χ1n) is 13.6. The Kier molecular flexibility index (Phi) is 8.41. The monoisotopic (exact) mass is 586 g/mol. The fraction of sp³-hybridized carbons (Fsp3) is 0.393. The van der Waals surface area contributed by atoms with Crippen LogP contribution in [0.15, 0.2) is 48.8 Å². The number of piperazine rings is 1. The number of hydrogen-bond donors (Lipinski definition) is 2. The van der Waals surface area contributed by atoms with Crippen molar-refractivity contribution in [3.8, 4) is 0 Å². The number of amides is 3. The van der Waals surface area contributed by atoms with Crippen molar-refractivity contribution >= 4 is 35.1 Å². The van der Waals surface area contributed by atoms with Gasteiger partial charge in [0, 0.05) is 45.5 Å². The Morgan fingerprint density at radius 2 is 1.67 bits per heavy atom. The zero-order valence-electron chi connectivity index (χ0n) is 22.9. The molecule has 10 nitrogen and oxygen atoms in total. The molecule has 42 heavy (non-hydrogen) atoms. The molecular formula is C28H30F4N8O2. The van der Waals surface area contributed by atoms with E-state index in [1.807, 2.05) is 4.90 Å². The summed E-state index contributed by atoms with van der Waals surface area (Å²) in [6.45, 7) is 1.65. The highest BCUT2D eigenvalue weighted by molar-refractivity contribution is 6.05. The van der Waals surface area contributed by atoms with Crippen LogP contribution in [0, 0.1) is 5.82 Å². The third-order valence-electron chi connectivity index (χ3n) is 7.49. The van der Waals surface area contributed by atoms with Crippen LogP contribution in [-0.4, -0.2) is 71.1 Å². The van der Waals surface area contributed by atoms with E-state index >= 15 is 0 Å². The molecule has 3 heterocycles. The van der Waals surface area contributed by atoms with Crippen LogP contribution in [0.5, 0.6) is 0 Å². The van der Waals surface area contributed by atoms with Gasteiger partial charge in [0.25, 0.3) is 5.91 Å². The van der Waals surface area contributed by atoms with E-state index in [1.165, 1.54) is 30.5 Å². The van der Waals surface area contributed by atoms with Crippen molar-refractivity contribution in [3.63, 3.8) is 0 Å². The number of nitrogens with one attached hydrogen (secondary N) is 2. The van der Waals surface area contributed by atoms with Crippen LogP contribution in [0.1, 0.15) is 41.7 Å². The molecule has 1 aliphatic heterocycles. The van der Waals surface area contributed by atoms with E-state index in [1.54, 1.807) is 29.0 Å². The number of rotatable bonds is 6. The number of hydrogen-bond acceptors (Lipinski definition) is 7. The molecule has 0 spiro atoms. The molecule has 5 rings (SSSR count). The number of alkyl halides is 3. The molecule has 222 valence electrons. The van der Waals surface area contributed by atoms with Gasteiger partial charge < -0.3 is 25.3 Å². The van der Waals surface area contributed by atoms with Crippen LogP contribution in [-0.2, 0) is 6.18 Å². The Labute approximate surface area is 239 Å². The van der Waals surface area contributed by atoms with Crippen LogP contribution in [0.3, 0.4) is 0 Å². The quantitative estimate of drug-likeness (QED) is 0.391. The number of para-hydroxylation sites is 1. The Morgan fingerprint density at radius 1 is 0.952 bits per heavy atom. The number of urea groups is 1. The van der Waals surface area contributed by atoms with E-state index in [-0.39, 0.29) is 23.4 Å². The average molecular weight is 587 g/mol. The van der Waals surface area contributed by atoms with Crippen LogP contribution in [0.4, 0.5) is 45.5 Å². The molecule has 2 aromatic heterocycles. The average Bonchev–Trinajstić information content (AvgIpc) is 3.53. The van der Waals surface area contributed by atoms with E-state index in [0.29, 0.717) is 32.0 Å². The smallest absolute Gasteiger partial charge is 0.353 e. The molecule has 14 heteroatoms. The van der Waals surface area contributed by atoms with E-state index < -0.39 is 35.2 Å². The lowest BCUT2D eigenvalue weighted by atomic mass is 10.2. The maximum atomic E-state index is 13.9. The van der Waals surface area contributed by atoms with E-state index in [4.69, 9.17) is 0 Å². The number of benzene rings is 1. The molecule has 3 amide bonds. The molecule has 2 fully saturated rings. The third-order valence-corrected chi connectivity index (χ3v) is 7.49. The van der Waals surface area contributed by atoms with Gasteiger partial charge in [0.1, 0.15) is 11.6 Å². The van der Waals surface area contributed by atoms with Crippen molar-refractivity contribution in [2.24, 2.45) is 0 Å². The molecule has 2 aliphatic rings. The maximum absolute atomic E-state index is 13.9. The first-order chi connectivity index (χ1) is 20.1. The second kappa shape index (κ2) is 12.2. The van der Waals surface area contributed by atoms with Crippen molar-refractivity contribution in [2.75, 3.05) is 53.7 Å². The Hall–Kier alpha value is -4.49. The van der Waals surface area contributed by atoms with E-state index in [2.05, 4.69) is 25.6 Å². The number of pyridine rings is 1. The summed E-state index contributed by atoms with van der Waals surface area (Å²) in [5.74, 6) is -1.02. The Bertz CT molecular complexity index is 1420. The SMILES string of the molecule is CN(c1ncc(C(=O)Nc2ccc(N3CCN(C(=O)Nc4ccccc4F)CC3)nc2)c(C(F)(F)F)n1)C1CCCC1. The predicted octanol–water partition coefficient (Wildman–Crippen LogP) is 5.01. The van der Waals surface area contributed by atoms with Gasteiger partial charge in [0.15, 0.2) is 5.69 Å². The third kappa shape index (κ3) is 6.52. The van der Waals surface area contributed by atoms with E-state index in [0.717, 1.165) is 31.9 Å². The highest BCUT2D eigenvalue weighted by Crippen LogP contribution is 2.33. The normalized spacial score (nSPS) is 15.9. The zero-order chi connectivity index (χ0) is 29.9. The van der Waals surface area contributed by atoms with Gasteiger partial charge in [-0.15, -0.1) is 0 Å². The molecule has 1 saturated carbocycles. The summed E-state index contributed by atoms with van der Waals surface area (Å²) in [7, 11) is 1.67. The van der Waals surface area contributed by atoms with Gasteiger partial charge in [-0.25, -0.2) is 24.1 Å². The fourth-order valence-electron chi connectivity index (χ4n) is 5.12. The number of carbonyl (C=O) groups excluding carboxylic acids is 2. The first kappa shape index (κ1) is 29.0. The van der Waals surface area contributed by atoms with Gasteiger partial charge in [0.05, 0.1) is 23.1 Å². The minimum absolute atomic E-state index is 0.0642. The van der Waals surface area contributed by atoms with Gasteiger partial charge >= 0.3 is 12.2 Å². The summed E-state index contributed by atoms with van der Waals surface area (Å²) in [5.41, 5.74) is -1.67. The van der Waals surface area contributed by atoms with Crippen molar-refractivity contribution < 1.29 is 27.2 Å². The van der Waals surface area contributed by atoms with Crippen molar-refractivity contribution in [2.45, 2.75) is 37.9 Å². The molecule has 0 bridgehead atoms. The molecule has 1 aliphatic carbocycles. The number of nitrogens with zero attached hydrogens (tertiary/aromatic N) is 6. The minimum Gasteiger partial charge on any atom is -0.353 e. The fourth-order valence-corrected chi connectivity index (χ4v) is 5.12. The zero-order valence-corrected chi connectivity index (χ0v) is 22.9. The maximum Gasteiger partial charge on any atom is 0.434 e. The van der Waals surface area contributed by atoms with Gasteiger partial charge in [-0.05, 0) is 37.1 Å². The Balaban J connectivity index is 1.20. The standard InChI is InChI=1S/C28H30F4N8O2/c1-38(19-6-2-3-7-19)26-34-17-20(24(37-26)28(30,31)32)25(41)35-18-10-11-23(33-16-18)39-12-14-40(15-13-39)27(42)36-22-9-5-4-8-21(22)29/h4-5,8-11,16-17,19H,2-3,6-7,12-15H2,1H3,(H,35,41)(H,36,42). The molecular weight excluding hydrogens is 556 g/mol. The van der Waals surface area contributed by atoms with Crippen molar-refractivity contribution in [3.05, 3.63) is 65.9 Å². The number of carbonyl (C=O) groups is 2. The topological polar surface area (TPSA) is 107 Å². The van der Waals surface area contributed by atoms with Crippen LogP contribution < -0.4 is 20.4 Å². The summed E-state index contributed by atoms with van der Waals surface area (Å²) >= 11 is 0. The molecule has 0 unspecified atom stereocenters. The lowest BCUT2D eigenvalue weighted by Crippen LogP contribution is -2.50. The molecule has 1 saturated heterocycles. The van der Waals surface area contributed by atoms with Crippen molar-refractivity contribution in [1.82, 2.24) is 19.9 Å². The van der Waals surface area contributed by atoms with Crippen LogP contribution in [0.25, 0.3) is 0 Å². The van der Waals surface area contributed by atoms with Gasteiger partial charge in [0.2, 0.25) is 5.95 Å². The number of anilines is 4. The number of aromatic nitrogens is 3. The number of halogens is 4. The molecule has 3 aromatic rings. The van der Waals surface area contributed by atoms with Crippen LogP contribution >= 0.6 is 0 Å². The second-order valence-electron chi connectivity index (χ2n) is 10.2. The molecule has 1 aromatic carbocycles.